The van der Waals surface area contributed by atoms with Gasteiger partial charge in [0.05, 0.1) is 25.8 Å². The van der Waals surface area contributed by atoms with Crippen molar-refractivity contribution in [3.63, 3.8) is 0 Å². The van der Waals surface area contributed by atoms with Crippen molar-refractivity contribution in [1.82, 2.24) is 9.80 Å². The molecule has 0 radical (unpaired) electrons. The maximum Gasteiger partial charge on any atom is 0.236 e. The number of carbonyl (C=O) groups is 1. The molecular weight excluding hydrogens is 280 g/mol. The van der Waals surface area contributed by atoms with Gasteiger partial charge in [-0.15, -0.1) is 0 Å². The molecule has 3 rings (SSSR count). The largest absolute Gasteiger partial charge is 0.349 e. The summed E-state index contributed by atoms with van der Waals surface area (Å²) in [5.74, 6) is 1.51. The molecule has 0 aromatic carbocycles. The SMILES string of the molecule is CC1CC(C)CN(C(=O)CN2CCCCC2C2OCCO2)C1. The van der Waals surface area contributed by atoms with E-state index < -0.39 is 0 Å². The van der Waals surface area contributed by atoms with E-state index in [1.54, 1.807) is 0 Å². The Labute approximate surface area is 133 Å². The number of hydrogen-bond donors (Lipinski definition) is 0. The van der Waals surface area contributed by atoms with Crippen LogP contribution in [-0.2, 0) is 14.3 Å². The molecule has 3 unspecified atom stereocenters. The number of piperidine rings is 2. The Morgan fingerprint density at radius 1 is 1.09 bits per heavy atom. The molecule has 0 aliphatic carbocycles. The smallest absolute Gasteiger partial charge is 0.236 e. The van der Waals surface area contributed by atoms with Crippen LogP contribution in [0, 0.1) is 11.8 Å². The van der Waals surface area contributed by atoms with Gasteiger partial charge in [0, 0.05) is 13.1 Å². The number of amides is 1. The lowest BCUT2D eigenvalue weighted by Crippen LogP contribution is -2.53. The molecule has 0 saturated carbocycles. The number of hydrogen-bond acceptors (Lipinski definition) is 4. The van der Waals surface area contributed by atoms with Gasteiger partial charge in [0.1, 0.15) is 0 Å². The summed E-state index contributed by atoms with van der Waals surface area (Å²) in [6.45, 7) is 9.20. The molecule has 3 saturated heterocycles. The van der Waals surface area contributed by atoms with E-state index in [2.05, 4.69) is 23.6 Å². The Morgan fingerprint density at radius 3 is 2.45 bits per heavy atom. The summed E-state index contributed by atoms with van der Waals surface area (Å²) in [5.41, 5.74) is 0. The normalized spacial score (nSPS) is 35.0. The van der Waals surface area contributed by atoms with Crippen LogP contribution in [0.4, 0.5) is 0 Å². The van der Waals surface area contributed by atoms with E-state index in [-0.39, 0.29) is 18.2 Å². The van der Waals surface area contributed by atoms with E-state index in [0.29, 0.717) is 31.6 Å². The zero-order valence-electron chi connectivity index (χ0n) is 14.0. The Kier molecular flexibility index (Phi) is 5.37. The molecule has 0 aromatic heterocycles. The lowest BCUT2D eigenvalue weighted by Gasteiger charge is -2.40. The quantitative estimate of drug-likeness (QED) is 0.796. The van der Waals surface area contributed by atoms with Gasteiger partial charge in [-0.25, -0.2) is 0 Å². The zero-order chi connectivity index (χ0) is 15.5. The summed E-state index contributed by atoms with van der Waals surface area (Å²) in [4.78, 5) is 17.1. The van der Waals surface area contributed by atoms with Crippen LogP contribution in [-0.4, -0.2) is 67.4 Å². The first-order valence-electron chi connectivity index (χ1n) is 8.88. The van der Waals surface area contributed by atoms with Gasteiger partial charge in [-0.2, -0.15) is 0 Å². The molecule has 3 aliphatic heterocycles. The highest BCUT2D eigenvalue weighted by Crippen LogP contribution is 2.25. The van der Waals surface area contributed by atoms with Gasteiger partial charge < -0.3 is 14.4 Å². The Balaban J connectivity index is 1.58. The molecule has 0 bridgehead atoms. The number of carbonyl (C=O) groups excluding carboxylic acids is 1. The monoisotopic (exact) mass is 310 g/mol. The van der Waals surface area contributed by atoms with Gasteiger partial charge in [0.15, 0.2) is 6.29 Å². The van der Waals surface area contributed by atoms with E-state index in [9.17, 15) is 4.79 Å². The second kappa shape index (κ2) is 7.28. The average molecular weight is 310 g/mol. The highest BCUT2D eigenvalue weighted by molar-refractivity contribution is 5.78. The van der Waals surface area contributed by atoms with Gasteiger partial charge in [-0.05, 0) is 37.6 Å². The molecule has 5 heteroatoms. The van der Waals surface area contributed by atoms with Crippen molar-refractivity contribution < 1.29 is 14.3 Å². The van der Waals surface area contributed by atoms with Gasteiger partial charge in [-0.1, -0.05) is 20.3 Å². The minimum atomic E-state index is -0.132. The average Bonchev–Trinajstić information content (AvgIpc) is 3.01. The summed E-state index contributed by atoms with van der Waals surface area (Å²) in [5, 5.41) is 0. The molecule has 0 aromatic rings. The van der Waals surface area contributed by atoms with Crippen molar-refractivity contribution in [3.05, 3.63) is 0 Å². The second-order valence-corrected chi connectivity index (χ2v) is 7.39. The number of likely N-dealkylation sites (tertiary alicyclic amines) is 2. The lowest BCUT2D eigenvalue weighted by atomic mass is 9.92. The maximum absolute atomic E-state index is 12.7. The van der Waals surface area contributed by atoms with Gasteiger partial charge in [-0.3, -0.25) is 9.69 Å². The molecule has 0 N–H and O–H groups in total. The van der Waals surface area contributed by atoms with Crippen molar-refractivity contribution in [2.45, 2.75) is 51.9 Å². The first-order chi connectivity index (χ1) is 10.6. The standard InChI is InChI=1S/C17H30N2O3/c1-13-9-14(2)11-19(10-13)16(20)12-18-6-4-3-5-15(18)17-21-7-8-22-17/h13-15,17H,3-12H2,1-2H3. The Morgan fingerprint density at radius 2 is 1.77 bits per heavy atom. The number of ether oxygens (including phenoxy) is 2. The van der Waals surface area contributed by atoms with Crippen LogP contribution in [0.15, 0.2) is 0 Å². The molecule has 126 valence electrons. The molecule has 3 heterocycles. The van der Waals surface area contributed by atoms with Gasteiger partial charge >= 0.3 is 0 Å². The second-order valence-electron chi connectivity index (χ2n) is 7.39. The molecule has 3 atom stereocenters. The predicted molar refractivity (Wildman–Crippen MR) is 84.4 cm³/mol. The van der Waals surface area contributed by atoms with Crippen molar-refractivity contribution in [1.29, 1.82) is 0 Å². The van der Waals surface area contributed by atoms with E-state index in [0.717, 1.165) is 26.1 Å². The zero-order valence-corrected chi connectivity index (χ0v) is 14.0. The minimum absolute atomic E-state index is 0.132. The van der Waals surface area contributed by atoms with Crippen molar-refractivity contribution in [2.24, 2.45) is 11.8 Å². The fourth-order valence-electron chi connectivity index (χ4n) is 4.26. The van der Waals surface area contributed by atoms with E-state index in [1.165, 1.54) is 19.3 Å². The Bertz CT molecular complexity index is 374. The molecule has 1 amide bonds. The van der Waals surface area contributed by atoms with Crippen LogP contribution in [0.2, 0.25) is 0 Å². The summed E-state index contributed by atoms with van der Waals surface area (Å²) in [6.07, 6.45) is 4.55. The summed E-state index contributed by atoms with van der Waals surface area (Å²) >= 11 is 0. The van der Waals surface area contributed by atoms with Crippen molar-refractivity contribution in [2.75, 3.05) is 39.4 Å². The number of nitrogens with zero attached hydrogens (tertiary/aromatic N) is 2. The van der Waals surface area contributed by atoms with Crippen LogP contribution in [0.1, 0.15) is 39.5 Å². The highest BCUT2D eigenvalue weighted by Gasteiger charge is 2.35. The molecular formula is C17H30N2O3. The van der Waals surface area contributed by atoms with E-state index >= 15 is 0 Å². The summed E-state index contributed by atoms with van der Waals surface area (Å²) in [6, 6.07) is 0.250. The molecule has 22 heavy (non-hydrogen) atoms. The molecule has 0 spiro atoms. The van der Waals surface area contributed by atoms with Crippen LogP contribution in [0.25, 0.3) is 0 Å². The van der Waals surface area contributed by atoms with Crippen LogP contribution >= 0.6 is 0 Å². The first-order valence-corrected chi connectivity index (χ1v) is 8.88. The lowest BCUT2D eigenvalue weighted by molar-refractivity contribution is -0.142. The van der Waals surface area contributed by atoms with E-state index in [4.69, 9.17) is 9.47 Å². The van der Waals surface area contributed by atoms with Crippen molar-refractivity contribution in [3.8, 4) is 0 Å². The molecule has 5 nitrogen and oxygen atoms in total. The van der Waals surface area contributed by atoms with Gasteiger partial charge in [0.25, 0.3) is 0 Å². The summed E-state index contributed by atoms with van der Waals surface area (Å²) < 4.78 is 11.4. The predicted octanol–water partition coefficient (Wildman–Crippen LogP) is 1.72. The third-order valence-electron chi connectivity index (χ3n) is 5.19. The molecule has 3 fully saturated rings. The maximum atomic E-state index is 12.7. The Hall–Kier alpha value is -0.650. The first kappa shape index (κ1) is 16.2. The van der Waals surface area contributed by atoms with E-state index in [1.807, 2.05) is 0 Å². The highest BCUT2D eigenvalue weighted by atomic mass is 16.7. The van der Waals surface area contributed by atoms with Crippen LogP contribution in [0.3, 0.4) is 0 Å². The summed E-state index contributed by atoms with van der Waals surface area (Å²) in [7, 11) is 0. The fourth-order valence-corrected chi connectivity index (χ4v) is 4.26. The molecule has 3 aliphatic rings. The fraction of sp³-hybridized carbons (Fsp3) is 0.941. The minimum Gasteiger partial charge on any atom is -0.349 e. The van der Waals surface area contributed by atoms with Crippen LogP contribution in [0.5, 0.6) is 0 Å². The van der Waals surface area contributed by atoms with Gasteiger partial charge in [0.2, 0.25) is 5.91 Å². The van der Waals surface area contributed by atoms with Crippen LogP contribution < -0.4 is 0 Å². The third-order valence-corrected chi connectivity index (χ3v) is 5.19. The third kappa shape index (κ3) is 3.81. The number of rotatable bonds is 3. The topological polar surface area (TPSA) is 42.0 Å². The van der Waals surface area contributed by atoms with Crippen molar-refractivity contribution >= 4 is 5.91 Å².